The monoisotopic (exact) mass is 337 g/mol. The van der Waals surface area contributed by atoms with E-state index in [1.54, 1.807) is 6.92 Å². The normalized spacial score (nSPS) is 16.7. The van der Waals surface area contributed by atoms with Crippen LogP contribution in [-0.2, 0) is 14.3 Å². The van der Waals surface area contributed by atoms with Crippen LogP contribution >= 0.6 is 0 Å². The Morgan fingerprint density at radius 2 is 2.13 bits per heavy atom. The van der Waals surface area contributed by atoms with Gasteiger partial charge in [0, 0.05) is 24.2 Å². The summed E-state index contributed by atoms with van der Waals surface area (Å²) in [4.78, 5) is 21.5. The zero-order chi connectivity index (χ0) is 19.2. The molecule has 0 spiro atoms. The average molecular weight is 337 g/mol. The van der Waals surface area contributed by atoms with E-state index in [0.717, 1.165) is 6.54 Å². The van der Waals surface area contributed by atoms with Crippen molar-refractivity contribution in [2.24, 2.45) is 5.73 Å². The van der Waals surface area contributed by atoms with Gasteiger partial charge in [-0.05, 0) is 34.6 Å². The number of amides is 1. The van der Waals surface area contributed by atoms with Crippen molar-refractivity contribution in [2.75, 3.05) is 39.9 Å². The van der Waals surface area contributed by atoms with Gasteiger partial charge in [0.2, 0.25) is 5.91 Å². The first kappa shape index (κ1) is 21.8. The van der Waals surface area contributed by atoms with Gasteiger partial charge in [0.25, 0.3) is 0 Å². The number of rotatable bonds is 5. The van der Waals surface area contributed by atoms with Gasteiger partial charge in [0.1, 0.15) is 0 Å². The van der Waals surface area contributed by atoms with E-state index < -0.39 is 7.15 Å². The molecule has 1 aliphatic rings. The molecular weight excluding hydrogens is 303 g/mol. The van der Waals surface area contributed by atoms with E-state index in [1.807, 2.05) is 13.8 Å². The minimum Gasteiger partial charge on any atom is -0.465 e. The molecule has 0 saturated carbocycles. The maximum absolute atomic E-state index is 10.9. The van der Waals surface area contributed by atoms with Crippen LogP contribution in [0.5, 0.6) is 0 Å². The number of hydrogen-bond donors (Lipinski definition) is 4. The van der Waals surface area contributed by atoms with Crippen LogP contribution < -0.4 is 21.7 Å². The summed E-state index contributed by atoms with van der Waals surface area (Å²) in [7, 11) is -1.00. The average Bonchev–Trinajstić information content (AvgIpc) is 2.50. The Labute approximate surface area is 140 Å². The highest BCUT2D eigenvalue weighted by molar-refractivity contribution is 5.79. The number of esters is 1. The standard InChI is InChI=1S/C8H18N2O2.C6H12N2O.CH3F/c1-4-12-7(11)5-10-8(2,3)6-9;1-6(2)4-7-5(9)3-8-6;1-2/h10H,4-6,9H2,1-3H3;8H,3-4H2,1-2H3,(H,7,9);1H3/i;;1D. The highest BCUT2D eigenvalue weighted by Gasteiger charge is 2.23. The first-order valence-corrected chi connectivity index (χ1v) is 7.51. The van der Waals surface area contributed by atoms with E-state index in [1.165, 1.54) is 0 Å². The topological polar surface area (TPSA) is 105 Å². The Kier molecular flexibility index (Phi) is 11.5. The van der Waals surface area contributed by atoms with Gasteiger partial charge in [0.05, 0.1) is 28.2 Å². The molecule has 0 aromatic rings. The van der Waals surface area contributed by atoms with Gasteiger partial charge in [0.15, 0.2) is 0 Å². The van der Waals surface area contributed by atoms with Crippen molar-refractivity contribution in [3.8, 4) is 0 Å². The highest BCUT2D eigenvalue weighted by Crippen LogP contribution is 2.01. The number of nitrogens with one attached hydrogen (secondary N) is 3. The number of halogens is 1. The molecule has 0 aliphatic carbocycles. The Hall–Kier alpha value is -1.25. The highest BCUT2D eigenvalue weighted by atomic mass is 19.1. The first-order valence-electron chi connectivity index (χ1n) is 8.22. The van der Waals surface area contributed by atoms with Crippen LogP contribution in [0.15, 0.2) is 0 Å². The van der Waals surface area contributed by atoms with E-state index in [0.29, 0.717) is 19.7 Å². The molecule has 0 atom stereocenters. The molecule has 23 heavy (non-hydrogen) atoms. The first-order chi connectivity index (χ1) is 11.0. The van der Waals surface area contributed by atoms with Gasteiger partial charge in [-0.15, -0.1) is 0 Å². The molecule has 1 saturated heterocycles. The molecule has 0 radical (unpaired) electrons. The zero-order valence-electron chi connectivity index (χ0n) is 15.9. The van der Waals surface area contributed by atoms with Crippen molar-refractivity contribution in [2.45, 2.75) is 45.7 Å². The molecule has 0 unspecified atom stereocenters. The minimum absolute atomic E-state index is 0.0773. The van der Waals surface area contributed by atoms with E-state index in [9.17, 15) is 14.0 Å². The molecule has 1 amide bonds. The molecule has 8 heteroatoms. The second-order valence-electron chi connectivity index (χ2n) is 6.26. The zero-order valence-corrected chi connectivity index (χ0v) is 14.9. The predicted octanol–water partition coefficient (Wildman–Crippen LogP) is -0.0535. The largest absolute Gasteiger partial charge is 0.465 e. The molecule has 1 rings (SSSR count). The number of carbonyl (C=O) groups excluding carboxylic acids is 2. The van der Waals surface area contributed by atoms with Gasteiger partial charge in [-0.2, -0.15) is 0 Å². The fraction of sp³-hybridized carbons (Fsp3) is 0.867. The molecule has 138 valence electrons. The molecule has 1 aliphatic heterocycles. The molecule has 0 bridgehead atoms. The van der Waals surface area contributed by atoms with Crippen molar-refractivity contribution >= 4 is 11.9 Å². The minimum atomic E-state index is -1.00. The van der Waals surface area contributed by atoms with Gasteiger partial charge in [-0.1, -0.05) is 0 Å². The quantitative estimate of drug-likeness (QED) is 0.524. The van der Waals surface area contributed by atoms with Crippen LogP contribution in [0.2, 0.25) is 0 Å². The van der Waals surface area contributed by atoms with Crippen LogP contribution in [0.1, 0.15) is 36.0 Å². The van der Waals surface area contributed by atoms with Crippen molar-refractivity contribution in [1.29, 1.82) is 0 Å². The van der Waals surface area contributed by atoms with Crippen molar-refractivity contribution < 1.29 is 20.1 Å². The van der Waals surface area contributed by atoms with Crippen LogP contribution in [-0.4, -0.2) is 62.9 Å². The van der Waals surface area contributed by atoms with Crippen molar-refractivity contribution in [3.63, 3.8) is 0 Å². The van der Waals surface area contributed by atoms with Gasteiger partial charge in [-0.25, -0.2) is 0 Å². The van der Waals surface area contributed by atoms with Gasteiger partial charge in [-0.3, -0.25) is 14.0 Å². The van der Waals surface area contributed by atoms with E-state index in [-0.39, 0.29) is 29.5 Å². The van der Waals surface area contributed by atoms with Gasteiger partial charge >= 0.3 is 5.97 Å². The summed E-state index contributed by atoms with van der Waals surface area (Å²) >= 11 is 0. The van der Waals surface area contributed by atoms with Crippen LogP contribution in [0.25, 0.3) is 0 Å². The second kappa shape index (κ2) is 12.2. The van der Waals surface area contributed by atoms with E-state index in [2.05, 4.69) is 29.8 Å². The number of ether oxygens (including phenoxy) is 1. The van der Waals surface area contributed by atoms with E-state index in [4.69, 9.17) is 11.8 Å². The fourth-order valence-electron chi connectivity index (χ4n) is 1.36. The molecule has 1 heterocycles. The summed E-state index contributed by atoms with van der Waals surface area (Å²) < 4.78 is 20.2. The Balaban J connectivity index is 0. The maximum atomic E-state index is 10.9. The lowest BCUT2D eigenvalue weighted by Gasteiger charge is -2.30. The predicted molar refractivity (Wildman–Crippen MR) is 89.9 cm³/mol. The summed E-state index contributed by atoms with van der Waals surface area (Å²) in [5, 5.41) is 8.86. The van der Waals surface area contributed by atoms with Crippen molar-refractivity contribution in [1.82, 2.24) is 16.0 Å². The molecule has 0 aromatic carbocycles. The number of hydrogen-bond acceptors (Lipinski definition) is 6. The van der Waals surface area contributed by atoms with Crippen LogP contribution in [0.4, 0.5) is 4.39 Å². The third-order valence-electron chi connectivity index (χ3n) is 2.98. The molecule has 1 fully saturated rings. The third-order valence-corrected chi connectivity index (χ3v) is 2.98. The number of carbonyl (C=O) groups is 2. The maximum Gasteiger partial charge on any atom is 0.319 e. The summed E-state index contributed by atoms with van der Waals surface area (Å²) in [5.41, 5.74) is 5.33. The van der Waals surface area contributed by atoms with Gasteiger partial charge < -0.3 is 26.4 Å². The Bertz CT molecular complexity index is 357. The number of nitrogens with two attached hydrogens (primary N) is 1. The van der Waals surface area contributed by atoms with Crippen LogP contribution in [0, 0.1) is 0 Å². The molecule has 7 nitrogen and oxygen atoms in total. The lowest BCUT2D eigenvalue weighted by Crippen LogP contribution is -2.57. The Morgan fingerprint density at radius 3 is 2.48 bits per heavy atom. The van der Waals surface area contributed by atoms with Crippen molar-refractivity contribution in [3.05, 3.63) is 0 Å². The summed E-state index contributed by atoms with van der Waals surface area (Å²) in [6.45, 7) is 12.1. The third kappa shape index (κ3) is 14.1. The number of piperazine rings is 1. The van der Waals surface area contributed by atoms with Crippen LogP contribution in [0.3, 0.4) is 0 Å². The molecule has 5 N–H and O–H groups in total. The smallest absolute Gasteiger partial charge is 0.319 e. The Morgan fingerprint density at radius 1 is 1.57 bits per heavy atom. The second-order valence-corrected chi connectivity index (χ2v) is 6.26. The summed E-state index contributed by atoms with van der Waals surface area (Å²) in [6, 6.07) is 0. The molecule has 0 aromatic heterocycles. The lowest BCUT2D eigenvalue weighted by atomic mass is 10.0. The lowest BCUT2D eigenvalue weighted by molar-refractivity contribution is -0.142. The summed E-state index contributed by atoms with van der Waals surface area (Å²) in [6.07, 6.45) is 0. The fourth-order valence-corrected chi connectivity index (χ4v) is 1.36. The SMILES string of the molecule is CC1(C)CNC(=O)CN1.CCOC(=O)CNC(C)(C)CN.[2H]CF. The molecular formula is C15H33FN4O3. The van der Waals surface area contributed by atoms with E-state index >= 15 is 0 Å². The summed E-state index contributed by atoms with van der Waals surface area (Å²) in [5.74, 6) is -0.145. The number of alkyl halides is 1.